The van der Waals surface area contributed by atoms with Gasteiger partial charge in [0.15, 0.2) is 0 Å². The van der Waals surface area contributed by atoms with Gasteiger partial charge < -0.3 is 14.7 Å². The van der Waals surface area contributed by atoms with Gasteiger partial charge in [0.1, 0.15) is 5.76 Å². The van der Waals surface area contributed by atoms with Crippen molar-refractivity contribution in [2.24, 2.45) is 5.73 Å². The molecule has 0 atom stereocenters. The number of carbonyl (C=O) groups is 1. The Hall–Kier alpha value is -3.06. The van der Waals surface area contributed by atoms with Crippen LogP contribution in [0.5, 0.6) is 0 Å². The third-order valence-electron chi connectivity index (χ3n) is 5.19. The van der Waals surface area contributed by atoms with Crippen LogP contribution < -0.4 is 5.73 Å². The number of benzene rings is 3. The zero-order chi connectivity index (χ0) is 20.0. The molecule has 2 heterocycles. The Morgan fingerprint density at radius 3 is 2.59 bits per heavy atom. The van der Waals surface area contributed by atoms with Crippen LogP contribution >= 0.6 is 22.6 Å². The van der Waals surface area contributed by atoms with Gasteiger partial charge in [-0.3, -0.25) is 4.79 Å². The van der Waals surface area contributed by atoms with Gasteiger partial charge in [0.25, 0.3) is 0 Å². The van der Waals surface area contributed by atoms with Crippen molar-refractivity contribution in [3.63, 3.8) is 0 Å². The van der Waals surface area contributed by atoms with Gasteiger partial charge in [-0.1, -0.05) is 30.3 Å². The number of rotatable bonds is 4. The van der Waals surface area contributed by atoms with Crippen LogP contribution in [-0.4, -0.2) is 10.5 Å². The highest BCUT2D eigenvalue weighted by molar-refractivity contribution is 14.1. The highest BCUT2D eigenvalue weighted by Crippen LogP contribution is 2.35. The number of nitrogens with zero attached hydrogens (tertiary/aromatic N) is 1. The summed E-state index contributed by atoms with van der Waals surface area (Å²) in [5.74, 6) is 0.395. The van der Waals surface area contributed by atoms with Crippen LogP contribution in [0.1, 0.15) is 15.9 Å². The quantitative estimate of drug-likeness (QED) is 0.322. The highest BCUT2D eigenvalue weighted by Gasteiger charge is 2.17. The summed E-state index contributed by atoms with van der Waals surface area (Å²) >= 11 is 2.33. The third kappa shape index (κ3) is 3.11. The molecule has 0 unspecified atom stereocenters. The van der Waals surface area contributed by atoms with Crippen molar-refractivity contribution in [3.05, 3.63) is 93.8 Å². The van der Waals surface area contributed by atoms with Crippen LogP contribution in [0.2, 0.25) is 0 Å². The summed E-state index contributed by atoms with van der Waals surface area (Å²) in [6.45, 7) is 0.695. The molecule has 5 heteroatoms. The predicted octanol–water partition coefficient (Wildman–Crippen LogP) is 5.81. The number of aromatic nitrogens is 1. The minimum atomic E-state index is -0.418. The average molecular weight is 492 g/mol. The summed E-state index contributed by atoms with van der Waals surface area (Å²) in [4.78, 5) is 12.1. The number of furan rings is 1. The minimum Gasteiger partial charge on any atom is -0.464 e. The predicted molar refractivity (Wildman–Crippen MR) is 124 cm³/mol. The summed E-state index contributed by atoms with van der Waals surface area (Å²) in [6.07, 6.45) is 1.67. The van der Waals surface area contributed by atoms with E-state index in [0.29, 0.717) is 12.1 Å². The molecular formula is C24H17IN2O2. The summed E-state index contributed by atoms with van der Waals surface area (Å²) in [5, 5.41) is 1.90. The maximum Gasteiger partial charge on any atom is 0.249 e. The van der Waals surface area contributed by atoms with Crippen LogP contribution in [0.4, 0.5) is 0 Å². The van der Waals surface area contributed by atoms with E-state index in [9.17, 15) is 4.79 Å². The minimum absolute atomic E-state index is 0.418. The topological polar surface area (TPSA) is 61.2 Å². The Kier molecular flexibility index (Phi) is 4.39. The molecule has 0 saturated carbocycles. The fraction of sp³-hybridized carbons (Fsp3) is 0.0417. The van der Waals surface area contributed by atoms with E-state index in [0.717, 1.165) is 33.1 Å². The molecule has 0 aliphatic carbocycles. The normalized spacial score (nSPS) is 11.3. The third-order valence-corrected chi connectivity index (χ3v) is 5.86. The van der Waals surface area contributed by atoms with Gasteiger partial charge in [-0.05, 0) is 70.6 Å². The lowest BCUT2D eigenvalue weighted by molar-refractivity contribution is 0.100. The number of primary amides is 1. The first-order chi connectivity index (χ1) is 14.1. The van der Waals surface area contributed by atoms with E-state index in [1.54, 1.807) is 12.3 Å². The van der Waals surface area contributed by atoms with Crippen molar-refractivity contribution in [1.82, 2.24) is 4.57 Å². The second-order valence-corrected chi connectivity index (χ2v) is 8.23. The molecular weight excluding hydrogens is 475 g/mol. The second kappa shape index (κ2) is 7.08. The second-order valence-electron chi connectivity index (χ2n) is 6.99. The van der Waals surface area contributed by atoms with Crippen LogP contribution in [-0.2, 0) is 6.54 Å². The van der Waals surface area contributed by atoms with Crippen LogP contribution in [0.3, 0.4) is 0 Å². The Morgan fingerprint density at radius 2 is 1.83 bits per heavy atom. The van der Waals surface area contributed by atoms with Gasteiger partial charge >= 0.3 is 0 Å². The van der Waals surface area contributed by atoms with E-state index in [1.165, 1.54) is 9.13 Å². The summed E-state index contributed by atoms with van der Waals surface area (Å²) in [7, 11) is 0. The van der Waals surface area contributed by atoms with Gasteiger partial charge in [0.2, 0.25) is 5.91 Å². The van der Waals surface area contributed by atoms with Crippen molar-refractivity contribution in [2.75, 3.05) is 0 Å². The first-order valence-corrected chi connectivity index (χ1v) is 10.3. The van der Waals surface area contributed by atoms with Crippen molar-refractivity contribution in [1.29, 1.82) is 0 Å². The monoisotopic (exact) mass is 492 g/mol. The molecule has 142 valence electrons. The molecule has 0 bridgehead atoms. The van der Waals surface area contributed by atoms with E-state index in [1.807, 2.05) is 36.4 Å². The lowest BCUT2D eigenvalue weighted by atomic mass is 10.0. The van der Waals surface area contributed by atoms with Crippen molar-refractivity contribution in [2.45, 2.75) is 6.54 Å². The van der Waals surface area contributed by atoms with Crippen molar-refractivity contribution in [3.8, 4) is 11.3 Å². The molecule has 0 fully saturated rings. The molecule has 2 aromatic heterocycles. The van der Waals surface area contributed by atoms with Gasteiger partial charge in [-0.25, -0.2) is 0 Å². The maximum absolute atomic E-state index is 12.1. The fourth-order valence-electron chi connectivity index (χ4n) is 3.93. The molecule has 5 aromatic rings. The average Bonchev–Trinajstić information content (AvgIpc) is 3.35. The molecule has 3 aromatic carbocycles. The highest BCUT2D eigenvalue weighted by atomic mass is 127. The largest absolute Gasteiger partial charge is 0.464 e. The van der Waals surface area contributed by atoms with Crippen LogP contribution in [0.15, 0.2) is 83.5 Å². The zero-order valence-corrected chi connectivity index (χ0v) is 17.6. The first kappa shape index (κ1) is 18.0. The summed E-state index contributed by atoms with van der Waals surface area (Å²) in [5.41, 5.74) is 10.5. The Bertz CT molecular complexity index is 1370. The van der Waals surface area contributed by atoms with E-state index < -0.39 is 5.91 Å². The van der Waals surface area contributed by atoms with Crippen LogP contribution in [0, 0.1) is 3.57 Å². The zero-order valence-electron chi connectivity index (χ0n) is 15.4. The standard InChI is InChI=1S/C24H17IN2O2/c25-17-5-1-4-15(12-17)14-27-20-7-2-6-19(24(26)28)23(20)18-10-9-16(13-21(18)27)22-8-3-11-29-22/h1-13H,14H2,(H2,26,28). The van der Waals surface area contributed by atoms with E-state index in [2.05, 4.69) is 57.5 Å². The Morgan fingerprint density at radius 1 is 0.966 bits per heavy atom. The molecule has 29 heavy (non-hydrogen) atoms. The van der Waals surface area contributed by atoms with E-state index >= 15 is 0 Å². The van der Waals surface area contributed by atoms with Gasteiger partial charge in [-0.2, -0.15) is 0 Å². The van der Waals surface area contributed by atoms with Gasteiger partial charge in [-0.15, -0.1) is 0 Å². The maximum atomic E-state index is 12.1. The molecule has 2 N–H and O–H groups in total. The summed E-state index contributed by atoms with van der Waals surface area (Å²) in [6, 6.07) is 24.2. The Labute approximate surface area is 181 Å². The molecule has 5 rings (SSSR count). The fourth-order valence-corrected chi connectivity index (χ4v) is 4.54. The van der Waals surface area contributed by atoms with Crippen molar-refractivity contribution >= 4 is 50.3 Å². The molecule has 0 saturated heterocycles. The number of hydrogen-bond donors (Lipinski definition) is 1. The number of fused-ring (bicyclic) bond motifs is 3. The number of nitrogens with two attached hydrogens (primary N) is 1. The van der Waals surface area contributed by atoms with E-state index in [4.69, 9.17) is 10.2 Å². The molecule has 0 spiro atoms. The van der Waals surface area contributed by atoms with Crippen LogP contribution in [0.25, 0.3) is 33.1 Å². The summed E-state index contributed by atoms with van der Waals surface area (Å²) < 4.78 is 9.03. The number of halogens is 1. The number of carbonyl (C=O) groups excluding carboxylic acids is 1. The van der Waals surface area contributed by atoms with E-state index in [-0.39, 0.29) is 0 Å². The SMILES string of the molecule is NC(=O)c1cccc2c1c1ccc(-c3ccco3)cc1n2Cc1cccc(I)c1. The van der Waals surface area contributed by atoms with Gasteiger partial charge in [0, 0.05) is 32.0 Å². The molecule has 0 aliphatic heterocycles. The molecule has 1 amide bonds. The smallest absolute Gasteiger partial charge is 0.249 e. The van der Waals surface area contributed by atoms with Crippen molar-refractivity contribution < 1.29 is 9.21 Å². The lowest BCUT2D eigenvalue weighted by Gasteiger charge is -2.09. The number of hydrogen-bond acceptors (Lipinski definition) is 2. The van der Waals surface area contributed by atoms with Gasteiger partial charge in [0.05, 0.1) is 17.3 Å². The molecule has 4 nitrogen and oxygen atoms in total. The first-order valence-electron chi connectivity index (χ1n) is 9.25. The Balaban J connectivity index is 1.82. The lowest BCUT2D eigenvalue weighted by Crippen LogP contribution is -2.11. The number of amides is 1. The molecule has 0 radical (unpaired) electrons. The molecule has 0 aliphatic rings.